The molecule has 3 rings (SSSR count). The Hall–Kier alpha value is -3.44. The van der Waals surface area contributed by atoms with Crippen LogP contribution in [0.25, 0.3) is 0 Å². The topological polar surface area (TPSA) is 83.9 Å². The predicted molar refractivity (Wildman–Crippen MR) is 143 cm³/mol. The summed E-state index contributed by atoms with van der Waals surface area (Å²) in [5.41, 5.74) is 0.423. The molecule has 1 atom stereocenters. The van der Waals surface area contributed by atoms with E-state index >= 15 is 0 Å². The van der Waals surface area contributed by atoms with Crippen molar-refractivity contribution in [2.45, 2.75) is 43.3 Å². The largest absolute Gasteiger partial charge is 0.493 e. The highest BCUT2D eigenvalue weighted by Gasteiger charge is 2.30. The van der Waals surface area contributed by atoms with Crippen LogP contribution in [-0.2, 0) is 33.8 Å². The first-order valence-corrected chi connectivity index (χ1v) is 14.4. The summed E-state index contributed by atoms with van der Waals surface area (Å²) in [5.74, 6) is -2.35. The Balaban J connectivity index is 1.73. The first kappa shape index (κ1) is 31.1. The second-order valence-electron chi connectivity index (χ2n) is 9.67. The summed E-state index contributed by atoms with van der Waals surface area (Å²) in [5, 5.41) is 9.02. The van der Waals surface area contributed by atoms with Crippen molar-refractivity contribution in [2.24, 2.45) is 0 Å². The molecule has 0 bridgehead atoms. The average Bonchev–Trinajstić information content (AvgIpc) is 2.87. The number of alkyl halides is 3. The lowest BCUT2D eigenvalue weighted by Crippen LogP contribution is -2.29. The van der Waals surface area contributed by atoms with E-state index in [-0.39, 0.29) is 24.8 Å². The van der Waals surface area contributed by atoms with Gasteiger partial charge in [0.15, 0.2) is 9.84 Å². The van der Waals surface area contributed by atoms with E-state index in [2.05, 4.69) is 0 Å². The van der Waals surface area contributed by atoms with Gasteiger partial charge in [0, 0.05) is 37.5 Å². The normalized spacial score (nSPS) is 12.9. The van der Waals surface area contributed by atoms with Gasteiger partial charge in [-0.1, -0.05) is 55.5 Å². The van der Waals surface area contributed by atoms with Crippen molar-refractivity contribution >= 4 is 15.8 Å². The highest BCUT2D eigenvalue weighted by atomic mass is 32.2. The average molecular weight is 582 g/mol. The van der Waals surface area contributed by atoms with Crippen molar-refractivity contribution in [2.75, 3.05) is 26.0 Å². The zero-order valence-corrected chi connectivity index (χ0v) is 22.9. The number of carboxylic acids is 1. The predicted octanol–water partition coefficient (Wildman–Crippen LogP) is 5.95. The van der Waals surface area contributed by atoms with Gasteiger partial charge >= 0.3 is 12.1 Å². The molecule has 0 fully saturated rings. The van der Waals surface area contributed by atoms with E-state index in [4.69, 9.17) is 9.84 Å². The van der Waals surface area contributed by atoms with E-state index in [9.17, 15) is 30.8 Å². The maximum atomic E-state index is 14.6. The molecule has 0 aromatic heterocycles. The highest BCUT2D eigenvalue weighted by molar-refractivity contribution is 7.90. The molecule has 1 unspecified atom stereocenters. The smallest absolute Gasteiger partial charge is 0.416 e. The number of sulfone groups is 1. The molecule has 0 saturated carbocycles. The summed E-state index contributed by atoms with van der Waals surface area (Å²) in [4.78, 5) is 12.6. The summed E-state index contributed by atoms with van der Waals surface area (Å²) < 4.78 is 84.2. The molecule has 0 saturated heterocycles. The van der Waals surface area contributed by atoms with Gasteiger partial charge in [-0.05, 0) is 35.6 Å². The van der Waals surface area contributed by atoms with Gasteiger partial charge in [0.1, 0.15) is 11.6 Å². The third-order valence-corrected chi connectivity index (χ3v) is 7.47. The van der Waals surface area contributed by atoms with Crippen molar-refractivity contribution in [1.82, 2.24) is 4.90 Å². The summed E-state index contributed by atoms with van der Waals surface area (Å²) in [7, 11) is -3.93. The maximum absolute atomic E-state index is 14.6. The second-order valence-corrected chi connectivity index (χ2v) is 11.7. The van der Waals surface area contributed by atoms with Crippen LogP contribution in [-0.4, -0.2) is 50.3 Å². The molecule has 0 heterocycles. The SMILES string of the molecule is CC(CN(CCCOc1cc(F)c(CC(=O)O)c(S(C)(=O)=O)c1)Cc1cccc(C(F)(F)F)c1)c1ccccc1. The molecule has 40 heavy (non-hydrogen) atoms. The van der Waals surface area contributed by atoms with E-state index in [1.54, 1.807) is 6.07 Å². The van der Waals surface area contributed by atoms with Gasteiger partial charge in [0.05, 0.1) is 23.5 Å². The fourth-order valence-corrected chi connectivity index (χ4v) is 5.36. The van der Waals surface area contributed by atoms with Crippen molar-refractivity contribution < 1.29 is 40.6 Å². The third kappa shape index (κ3) is 9.06. The number of ether oxygens (including phenoxy) is 1. The van der Waals surface area contributed by atoms with E-state index in [1.165, 1.54) is 6.07 Å². The fourth-order valence-electron chi connectivity index (χ4n) is 4.42. The fraction of sp³-hybridized carbons (Fsp3) is 0.345. The van der Waals surface area contributed by atoms with E-state index in [0.29, 0.717) is 25.1 Å². The minimum absolute atomic E-state index is 0.0610. The van der Waals surface area contributed by atoms with Crippen LogP contribution in [0.4, 0.5) is 17.6 Å². The lowest BCUT2D eigenvalue weighted by Gasteiger charge is -2.26. The van der Waals surface area contributed by atoms with E-state index in [0.717, 1.165) is 36.1 Å². The molecule has 1 N–H and O–H groups in total. The number of aliphatic carboxylic acids is 1. The van der Waals surface area contributed by atoms with Gasteiger partial charge in [0.25, 0.3) is 0 Å². The molecule has 3 aromatic rings. The zero-order valence-electron chi connectivity index (χ0n) is 22.1. The van der Waals surface area contributed by atoms with Crippen molar-refractivity contribution in [3.8, 4) is 5.75 Å². The summed E-state index contributed by atoms with van der Waals surface area (Å²) in [6.07, 6.45) is -3.98. The van der Waals surface area contributed by atoms with Crippen molar-refractivity contribution in [3.05, 3.63) is 94.8 Å². The van der Waals surface area contributed by atoms with Gasteiger partial charge in [0.2, 0.25) is 0 Å². The van der Waals surface area contributed by atoms with Gasteiger partial charge in [-0.2, -0.15) is 13.2 Å². The van der Waals surface area contributed by atoms with E-state index < -0.39 is 50.2 Å². The number of carbonyl (C=O) groups is 1. The number of nitrogens with zero attached hydrogens (tertiary/aromatic N) is 1. The van der Waals surface area contributed by atoms with Crippen LogP contribution in [0.2, 0.25) is 0 Å². The molecule has 6 nitrogen and oxygen atoms in total. The molecule has 0 radical (unpaired) electrons. The first-order valence-electron chi connectivity index (χ1n) is 12.5. The molecule has 11 heteroatoms. The molecule has 0 amide bonds. The van der Waals surface area contributed by atoms with Gasteiger partial charge < -0.3 is 9.84 Å². The molecule has 0 aliphatic rings. The quantitative estimate of drug-likeness (QED) is 0.198. The van der Waals surface area contributed by atoms with Crippen LogP contribution < -0.4 is 4.74 Å². The Bertz CT molecular complexity index is 1410. The molecular formula is C29H31F4NO5S. The number of benzene rings is 3. The van der Waals surface area contributed by atoms with Crippen LogP contribution >= 0.6 is 0 Å². The second kappa shape index (κ2) is 13.3. The van der Waals surface area contributed by atoms with Crippen LogP contribution in [0.15, 0.2) is 71.6 Å². The zero-order chi connectivity index (χ0) is 29.5. The summed E-state index contributed by atoms with van der Waals surface area (Å²) in [6, 6.07) is 16.9. The minimum atomic E-state index is -4.45. The summed E-state index contributed by atoms with van der Waals surface area (Å²) >= 11 is 0. The third-order valence-electron chi connectivity index (χ3n) is 6.30. The number of hydrogen-bond acceptors (Lipinski definition) is 5. The summed E-state index contributed by atoms with van der Waals surface area (Å²) in [6.45, 7) is 3.35. The standard InChI is InChI=1S/C29H31F4NO5S/c1-20(22-9-4-3-5-10-22)18-34(19-21-8-6-11-23(14-21)29(31,32)33)12-7-13-39-24-15-26(30)25(17-28(35)36)27(16-24)40(2,37)38/h3-6,8-11,14-16,20H,7,12-13,17-19H2,1-2H3,(H,35,36). The molecular weight excluding hydrogens is 550 g/mol. The van der Waals surface area contributed by atoms with Crippen LogP contribution in [0.3, 0.4) is 0 Å². The van der Waals surface area contributed by atoms with Crippen LogP contribution in [0, 0.1) is 5.82 Å². The Labute approximate surface area is 231 Å². The molecule has 0 aliphatic carbocycles. The number of hydrogen-bond donors (Lipinski definition) is 1. The van der Waals surface area contributed by atoms with Gasteiger partial charge in [-0.3, -0.25) is 9.69 Å². The maximum Gasteiger partial charge on any atom is 0.416 e. The Morgan fingerprint density at radius 1 is 1.05 bits per heavy atom. The number of halogens is 4. The molecule has 3 aromatic carbocycles. The Morgan fingerprint density at radius 3 is 2.38 bits per heavy atom. The van der Waals surface area contributed by atoms with Gasteiger partial charge in [-0.15, -0.1) is 0 Å². The molecule has 0 spiro atoms. The van der Waals surface area contributed by atoms with Gasteiger partial charge in [-0.25, -0.2) is 12.8 Å². The lowest BCUT2D eigenvalue weighted by molar-refractivity contribution is -0.138. The first-order chi connectivity index (χ1) is 18.7. The Kier molecular flexibility index (Phi) is 10.3. The van der Waals surface area contributed by atoms with Crippen molar-refractivity contribution in [3.63, 3.8) is 0 Å². The van der Waals surface area contributed by atoms with E-state index in [1.807, 2.05) is 42.2 Å². The molecule has 216 valence electrons. The van der Waals surface area contributed by atoms with Crippen LogP contribution in [0.5, 0.6) is 5.75 Å². The number of carboxylic acid groups (broad SMARTS) is 1. The monoisotopic (exact) mass is 581 g/mol. The highest BCUT2D eigenvalue weighted by Crippen LogP contribution is 2.30. The Morgan fingerprint density at radius 2 is 1.75 bits per heavy atom. The molecule has 0 aliphatic heterocycles. The number of rotatable bonds is 13. The minimum Gasteiger partial charge on any atom is -0.493 e. The van der Waals surface area contributed by atoms with Crippen molar-refractivity contribution in [1.29, 1.82) is 0 Å². The van der Waals surface area contributed by atoms with Crippen LogP contribution in [0.1, 0.15) is 41.5 Å². The lowest BCUT2D eigenvalue weighted by atomic mass is 10.00.